The van der Waals surface area contributed by atoms with E-state index in [0.717, 1.165) is 39.0 Å². The Bertz CT molecular complexity index is 562. The van der Waals surface area contributed by atoms with E-state index in [1.807, 2.05) is 16.8 Å². The van der Waals surface area contributed by atoms with Crippen LogP contribution in [0, 0.1) is 5.92 Å². The molecule has 0 unspecified atom stereocenters. The monoisotopic (exact) mass is 335 g/mol. The zero-order chi connectivity index (χ0) is 16.9. The first-order chi connectivity index (χ1) is 11.7. The standard InChI is InChI=1S/C15H25N7O2/c1-16-6-9-22-13-4-7-20(10-12(13)2-3-15(22)24)14(23)5-8-21-11-17-18-19-21/h11-13,16H,2-10H2,1H3/t12-,13+/m0/s1. The Labute approximate surface area is 141 Å². The minimum atomic E-state index is 0.141. The van der Waals surface area contributed by atoms with E-state index in [1.165, 1.54) is 6.33 Å². The zero-order valence-corrected chi connectivity index (χ0v) is 14.1. The third kappa shape index (κ3) is 3.72. The van der Waals surface area contributed by atoms with Gasteiger partial charge >= 0.3 is 0 Å². The molecule has 0 bridgehead atoms. The van der Waals surface area contributed by atoms with Crippen molar-refractivity contribution in [3.8, 4) is 0 Å². The lowest BCUT2D eigenvalue weighted by Crippen LogP contribution is -2.57. The van der Waals surface area contributed by atoms with Gasteiger partial charge in [-0.1, -0.05) is 0 Å². The van der Waals surface area contributed by atoms with Crippen molar-refractivity contribution < 1.29 is 9.59 Å². The number of hydrogen-bond donors (Lipinski definition) is 1. The van der Waals surface area contributed by atoms with Crippen molar-refractivity contribution in [1.82, 2.24) is 35.3 Å². The van der Waals surface area contributed by atoms with E-state index in [2.05, 4.69) is 20.8 Å². The average Bonchev–Trinajstić information content (AvgIpc) is 3.12. The van der Waals surface area contributed by atoms with Crippen LogP contribution < -0.4 is 5.32 Å². The lowest BCUT2D eigenvalue weighted by Gasteiger charge is -2.47. The summed E-state index contributed by atoms with van der Waals surface area (Å²) < 4.78 is 1.57. The second-order valence-electron chi connectivity index (χ2n) is 6.51. The highest BCUT2D eigenvalue weighted by molar-refractivity contribution is 5.78. The molecule has 0 aliphatic carbocycles. The van der Waals surface area contributed by atoms with Crippen LogP contribution in [0.1, 0.15) is 25.7 Å². The molecular formula is C15H25N7O2. The van der Waals surface area contributed by atoms with E-state index < -0.39 is 0 Å². The molecule has 0 radical (unpaired) electrons. The summed E-state index contributed by atoms with van der Waals surface area (Å²) in [6.45, 7) is 3.54. The number of carbonyl (C=O) groups excluding carboxylic acids is 2. The molecule has 9 nitrogen and oxygen atoms in total. The molecule has 0 saturated carbocycles. The Kier molecular flexibility index (Phi) is 5.39. The Morgan fingerprint density at radius 3 is 3.00 bits per heavy atom. The highest BCUT2D eigenvalue weighted by Crippen LogP contribution is 2.31. The molecule has 2 atom stereocenters. The van der Waals surface area contributed by atoms with Gasteiger partial charge in [0.15, 0.2) is 0 Å². The number of aryl methyl sites for hydroxylation is 1. The lowest BCUT2D eigenvalue weighted by atomic mass is 9.83. The van der Waals surface area contributed by atoms with E-state index in [0.29, 0.717) is 25.3 Å². The van der Waals surface area contributed by atoms with Gasteiger partial charge in [-0.3, -0.25) is 9.59 Å². The van der Waals surface area contributed by atoms with Crippen molar-refractivity contribution >= 4 is 11.8 Å². The van der Waals surface area contributed by atoms with Gasteiger partial charge in [0.1, 0.15) is 6.33 Å². The molecule has 2 fully saturated rings. The van der Waals surface area contributed by atoms with Crippen LogP contribution in [0.5, 0.6) is 0 Å². The van der Waals surface area contributed by atoms with Gasteiger partial charge in [-0.05, 0) is 36.2 Å². The van der Waals surface area contributed by atoms with Gasteiger partial charge in [0, 0.05) is 45.1 Å². The van der Waals surface area contributed by atoms with E-state index in [-0.39, 0.29) is 17.9 Å². The maximum atomic E-state index is 12.4. The van der Waals surface area contributed by atoms with Gasteiger partial charge < -0.3 is 15.1 Å². The molecule has 3 heterocycles. The summed E-state index contributed by atoms with van der Waals surface area (Å²) in [4.78, 5) is 28.6. The Hall–Kier alpha value is -2.03. The molecule has 0 spiro atoms. The molecule has 2 saturated heterocycles. The maximum absolute atomic E-state index is 12.4. The third-order valence-corrected chi connectivity index (χ3v) is 5.05. The molecule has 1 aromatic rings. The predicted octanol–water partition coefficient (Wildman–Crippen LogP) is -0.878. The van der Waals surface area contributed by atoms with Crippen LogP contribution in [0.25, 0.3) is 0 Å². The molecule has 2 aliphatic heterocycles. The lowest BCUT2D eigenvalue weighted by molar-refractivity contribution is -0.144. The maximum Gasteiger partial charge on any atom is 0.224 e. The first-order valence-corrected chi connectivity index (χ1v) is 8.61. The van der Waals surface area contributed by atoms with E-state index in [1.54, 1.807) is 4.68 Å². The van der Waals surface area contributed by atoms with Crippen molar-refractivity contribution in [2.24, 2.45) is 5.92 Å². The van der Waals surface area contributed by atoms with Gasteiger partial charge in [-0.15, -0.1) is 5.10 Å². The number of rotatable bonds is 6. The van der Waals surface area contributed by atoms with Crippen molar-refractivity contribution in [3.63, 3.8) is 0 Å². The number of nitrogens with one attached hydrogen (secondary N) is 1. The highest BCUT2D eigenvalue weighted by atomic mass is 16.2. The molecule has 132 valence electrons. The van der Waals surface area contributed by atoms with E-state index in [9.17, 15) is 9.59 Å². The predicted molar refractivity (Wildman–Crippen MR) is 85.8 cm³/mol. The number of nitrogens with zero attached hydrogens (tertiary/aromatic N) is 6. The number of carbonyl (C=O) groups is 2. The zero-order valence-electron chi connectivity index (χ0n) is 14.1. The van der Waals surface area contributed by atoms with Gasteiger partial charge in [-0.25, -0.2) is 4.68 Å². The summed E-state index contributed by atoms with van der Waals surface area (Å²) in [6.07, 6.45) is 4.28. The first-order valence-electron chi connectivity index (χ1n) is 8.61. The first kappa shape index (κ1) is 16.8. The number of aromatic nitrogens is 4. The molecule has 1 aromatic heterocycles. The molecule has 0 aromatic carbocycles. The Balaban J connectivity index is 1.54. The number of likely N-dealkylation sites (tertiary alicyclic amines) is 2. The molecule has 2 amide bonds. The van der Waals surface area contributed by atoms with Gasteiger partial charge in [0.2, 0.25) is 11.8 Å². The van der Waals surface area contributed by atoms with Crippen LogP contribution in [0.3, 0.4) is 0 Å². The number of amides is 2. The fraction of sp³-hybridized carbons (Fsp3) is 0.800. The second-order valence-corrected chi connectivity index (χ2v) is 6.51. The number of fused-ring (bicyclic) bond motifs is 1. The quantitative estimate of drug-likeness (QED) is 0.725. The third-order valence-electron chi connectivity index (χ3n) is 5.05. The van der Waals surface area contributed by atoms with Gasteiger partial charge in [0.25, 0.3) is 0 Å². The highest BCUT2D eigenvalue weighted by Gasteiger charge is 2.39. The van der Waals surface area contributed by atoms with Gasteiger partial charge in [-0.2, -0.15) is 0 Å². The minimum Gasteiger partial charge on any atom is -0.342 e. The largest absolute Gasteiger partial charge is 0.342 e. The van der Waals surface area contributed by atoms with Crippen molar-refractivity contribution in [2.45, 2.75) is 38.3 Å². The molecule has 2 aliphatic rings. The van der Waals surface area contributed by atoms with Crippen LogP contribution in [-0.4, -0.2) is 81.1 Å². The van der Waals surface area contributed by atoms with E-state index >= 15 is 0 Å². The normalized spacial score (nSPS) is 24.1. The number of piperidine rings is 2. The fourth-order valence-corrected chi connectivity index (χ4v) is 3.75. The average molecular weight is 335 g/mol. The van der Waals surface area contributed by atoms with Crippen LogP contribution in [0.15, 0.2) is 6.33 Å². The van der Waals surface area contributed by atoms with Crippen molar-refractivity contribution in [2.75, 3.05) is 33.2 Å². The van der Waals surface area contributed by atoms with Crippen molar-refractivity contribution in [3.05, 3.63) is 6.33 Å². The fourth-order valence-electron chi connectivity index (χ4n) is 3.75. The minimum absolute atomic E-state index is 0.141. The number of likely N-dealkylation sites (N-methyl/N-ethyl adjacent to an activating group) is 1. The summed E-state index contributed by atoms with van der Waals surface area (Å²) in [6, 6.07) is 0.281. The van der Waals surface area contributed by atoms with Crippen LogP contribution >= 0.6 is 0 Å². The van der Waals surface area contributed by atoms with Gasteiger partial charge in [0.05, 0.1) is 6.54 Å². The summed E-state index contributed by atoms with van der Waals surface area (Å²) in [7, 11) is 1.90. The molecular weight excluding hydrogens is 310 g/mol. The number of hydrogen-bond acceptors (Lipinski definition) is 6. The molecule has 24 heavy (non-hydrogen) atoms. The summed E-state index contributed by atoms with van der Waals surface area (Å²) in [5, 5.41) is 14.0. The second kappa shape index (κ2) is 7.69. The topological polar surface area (TPSA) is 96.2 Å². The Morgan fingerprint density at radius 1 is 1.38 bits per heavy atom. The molecule has 9 heteroatoms. The van der Waals surface area contributed by atoms with Crippen molar-refractivity contribution in [1.29, 1.82) is 0 Å². The molecule has 1 N–H and O–H groups in total. The van der Waals surface area contributed by atoms with Crippen LogP contribution in [0.2, 0.25) is 0 Å². The summed E-state index contributed by atoms with van der Waals surface area (Å²) in [5.74, 6) is 0.790. The van der Waals surface area contributed by atoms with Crippen LogP contribution in [0.4, 0.5) is 0 Å². The SMILES string of the molecule is CNCCN1C(=O)CC[C@H]2CN(C(=O)CCn3cnnn3)CC[C@H]21. The van der Waals surface area contributed by atoms with E-state index in [4.69, 9.17) is 0 Å². The number of tetrazole rings is 1. The summed E-state index contributed by atoms with van der Waals surface area (Å²) >= 11 is 0. The Morgan fingerprint density at radius 2 is 2.25 bits per heavy atom. The van der Waals surface area contributed by atoms with Crippen LogP contribution in [-0.2, 0) is 16.1 Å². The molecule has 3 rings (SSSR count). The summed E-state index contributed by atoms with van der Waals surface area (Å²) in [5.41, 5.74) is 0. The smallest absolute Gasteiger partial charge is 0.224 e.